The molecule has 25 heavy (non-hydrogen) atoms. The van der Waals surface area contributed by atoms with Gasteiger partial charge < -0.3 is 9.88 Å². The highest BCUT2D eigenvalue weighted by Crippen LogP contribution is 2.15. The van der Waals surface area contributed by atoms with Crippen LogP contribution < -0.4 is 10.0 Å². The molecule has 136 valence electrons. The fraction of sp³-hybridized carbons (Fsp3) is 0.412. The Kier molecular flexibility index (Phi) is 6.72. The monoisotopic (exact) mass is 364 g/mol. The molecule has 2 aromatic rings. The molecule has 0 spiro atoms. The largest absolute Gasteiger partial charge is 0.352 e. The number of nitrogens with zero attached hydrogens (tertiary/aromatic N) is 2. The van der Waals surface area contributed by atoms with Crippen LogP contribution in [-0.4, -0.2) is 37.0 Å². The minimum atomic E-state index is -3.65. The van der Waals surface area contributed by atoms with Crippen molar-refractivity contribution in [2.45, 2.75) is 38.1 Å². The first-order valence-corrected chi connectivity index (χ1v) is 9.76. The number of hydrogen-bond acceptors (Lipinski definition) is 4. The second-order valence-corrected chi connectivity index (χ2v) is 7.55. The van der Waals surface area contributed by atoms with Crippen LogP contribution in [0.2, 0.25) is 0 Å². The molecule has 0 bridgehead atoms. The van der Waals surface area contributed by atoms with Crippen molar-refractivity contribution in [3.8, 4) is 0 Å². The van der Waals surface area contributed by atoms with E-state index in [1.807, 2.05) is 17.7 Å². The molecule has 0 radical (unpaired) electrons. The molecule has 0 saturated carbocycles. The van der Waals surface area contributed by atoms with Crippen molar-refractivity contribution in [2.24, 2.45) is 0 Å². The molecule has 0 atom stereocenters. The van der Waals surface area contributed by atoms with E-state index >= 15 is 0 Å². The van der Waals surface area contributed by atoms with E-state index in [1.54, 1.807) is 25.5 Å². The maximum absolute atomic E-state index is 12.4. The van der Waals surface area contributed by atoms with E-state index in [4.69, 9.17) is 0 Å². The second-order valence-electron chi connectivity index (χ2n) is 5.78. The van der Waals surface area contributed by atoms with E-state index in [0.717, 1.165) is 12.0 Å². The molecule has 1 aromatic heterocycles. The summed E-state index contributed by atoms with van der Waals surface area (Å²) in [5.41, 5.74) is 1.13. The molecule has 0 aliphatic carbocycles. The number of aryl methyl sites for hydroxylation is 2. The molecular formula is C17H24N4O3S. The Hall–Kier alpha value is -2.19. The SMILES string of the molecule is CCCNC(=O)c1cc(S(=O)(=O)NCCCn2ccnc2)ccc1C. The van der Waals surface area contributed by atoms with Gasteiger partial charge in [0.05, 0.1) is 11.2 Å². The molecule has 0 fully saturated rings. The third kappa shape index (κ3) is 5.40. The van der Waals surface area contributed by atoms with Crippen LogP contribution >= 0.6 is 0 Å². The first-order chi connectivity index (χ1) is 11.9. The zero-order valence-corrected chi connectivity index (χ0v) is 15.3. The van der Waals surface area contributed by atoms with Crippen molar-refractivity contribution in [3.05, 3.63) is 48.0 Å². The number of carbonyl (C=O) groups is 1. The Morgan fingerprint density at radius 1 is 1.28 bits per heavy atom. The summed E-state index contributed by atoms with van der Waals surface area (Å²) in [4.78, 5) is 16.2. The van der Waals surface area contributed by atoms with Crippen LogP contribution in [0.3, 0.4) is 0 Å². The van der Waals surface area contributed by atoms with Gasteiger partial charge in [-0.05, 0) is 37.5 Å². The number of nitrogens with one attached hydrogen (secondary N) is 2. The van der Waals surface area contributed by atoms with Gasteiger partial charge >= 0.3 is 0 Å². The molecule has 2 rings (SSSR count). The number of hydrogen-bond donors (Lipinski definition) is 2. The number of imidazole rings is 1. The molecule has 1 amide bonds. The molecule has 0 unspecified atom stereocenters. The molecule has 0 aliphatic heterocycles. The van der Waals surface area contributed by atoms with Crippen LogP contribution in [0, 0.1) is 6.92 Å². The smallest absolute Gasteiger partial charge is 0.251 e. The van der Waals surface area contributed by atoms with Crippen LogP contribution in [0.15, 0.2) is 41.8 Å². The first-order valence-electron chi connectivity index (χ1n) is 8.28. The summed E-state index contributed by atoms with van der Waals surface area (Å²) in [6.07, 6.45) is 6.67. The molecular weight excluding hydrogens is 340 g/mol. The standard InChI is InChI=1S/C17H24N4O3S/c1-3-7-19-17(22)16-12-15(6-5-14(16)2)25(23,24)20-8-4-10-21-11-9-18-13-21/h5-6,9,11-13,20H,3-4,7-8,10H2,1-2H3,(H,19,22). The van der Waals surface area contributed by atoms with Crippen molar-refractivity contribution >= 4 is 15.9 Å². The van der Waals surface area contributed by atoms with Gasteiger partial charge in [-0.2, -0.15) is 0 Å². The van der Waals surface area contributed by atoms with E-state index in [2.05, 4.69) is 15.0 Å². The lowest BCUT2D eigenvalue weighted by atomic mass is 10.1. The maximum atomic E-state index is 12.4. The molecule has 1 aromatic carbocycles. The van der Waals surface area contributed by atoms with E-state index in [0.29, 0.717) is 31.6 Å². The zero-order chi connectivity index (χ0) is 18.3. The highest BCUT2D eigenvalue weighted by molar-refractivity contribution is 7.89. The van der Waals surface area contributed by atoms with Gasteiger partial charge in [-0.3, -0.25) is 4.79 Å². The van der Waals surface area contributed by atoms with Crippen molar-refractivity contribution in [1.29, 1.82) is 0 Å². The molecule has 1 heterocycles. The number of aromatic nitrogens is 2. The van der Waals surface area contributed by atoms with E-state index in [1.165, 1.54) is 12.1 Å². The predicted molar refractivity (Wildman–Crippen MR) is 95.8 cm³/mol. The van der Waals surface area contributed by atoms with Crippen LogP contribution in [0.4, 0.5) is 0 Å². The summed E-state index contributed by atoms with van der Waals surface area (Å²) in [6.45, 7) is 5.30. The van der Waals surface area contributed by atoms with Gasteiger partial charge in [0.15, 0.2) is 0 Å². The van der Waals surface area contributed by atoms with Gasteiger partial charge in [-0.25, -0.2) is 18.1 Å². The first kappa shape index (κ1) is 19.1. The second kappa shape index (κ2) is 8.77. The number of carbonyl (C=O) groups excluding carboxylic acids is 1. The van der Waals surface area contributed by atoms with Crippen molar-refractivity contribution < 1.29 is 13.2 Å². The summed E-state index contributed by atoms with van der Waals surface area (Å²) in [5.74, 6) is -0.253. The Balaban J connectivity index is 2.01. The van der Waals surface area contributed by atoms with Crippen LogP contribution in [0.1, 0.15) is 35.7 Å². The average Bonchev–Trinajstić information content (AvgIpc) is 3.10. The van der Waals surface area contributed by atoms with Crippen LogP contribution in [0.25, 0.3) is 0 Å². The Bertz CT molecular complexity index is 801. The minimum Gasteiger partial charge on any atom is -0.352 e. The summed E-state index contributed by atoms with van der Waals surface area (Å²) < 4.78 is 29.3. The quantitative estimate of drug-likeness (QED) is 0.662. The fourth-order valence-electron chi connectivity index (χ4n) is 2.32. The number of rotatable bonds is 9. The lowest BCUT2D eigenvalue weighted by molar-refractivity contribution is 0.0953. The molecule has 0 aliphatic rings. The van der Waals surface area contributed by atoms with Gasteiger partial charge in [0.25, 0.3) is 5.91 Å². The number of sulfonamides is 1. The van der Waals surface area contributed by atoms with Crippen LogP contribution in [0.5, 0.6) is 0 Å². The van der Waals surface area contributed by atoms with E-state index < -0.39 is 10.0 Å². The van der Waals surface area contributed by atoms with E-state index in [9.17, 15) is 13.2 Å². The van der Waals surface area contributed by atoms with Crippen molar-refractivity contribution in [3.63, 3.8) is 0 Å². The van der Waals surface area contributed by atoms with Gasteiger partial charge in [-0.15, -0.1) is 0 Å². The topological polar surface area (TPSA) is 93.1 Å². The Labute approximate surface area is 148 Å². The van der Waals surface area contributed by atoms with Gasteiger partial charge in [0.2, 0.25) is 10.0 Å². The zero-order valence-electron chi connectivity index (χ0n) is 14.5. The predicted octanol–water partition coefficient (Wildman–Crippen LogP) is 1.70. The van der Waals surface area contributed by atoms with E-state index in [-0.39, 0.29) is 10.8 Å². The number of amides is 1. The average molecular weight is 364 g/mol. The maximum Gasteiger partial charge on any atom is 0.251 e. The highest BCUT2D eigenvalue weighted by Gasteiger charge is 2.17. The Morgan fingerprint density at radius 2 is 2.08 bits per heavy atom. The summed E-state index contributed by atoms with van der Waals surface area (Å²) in [6, 6.07) is 4.60. The number of benzene rings is 1. The summed E-state index contributed by atoms with van der Waals surface area (Å²) in [7, 11) is -3.65. The molecule has 0 saturated heterocycles. The normalized spacial score (nSPS) is 11.4. The molecule has 7 nitrogen and oxygen atoms in total. The summed E-state index contributed by atoms with van der Waals surface area (Å²) >= 11 is 0. The van der Waals surface area contributed by atoms with Gasteiger partial charge in [0.1, 0.15) is 0 Å². The Morgan fingerprint density at radius 3 is 2.76 bits per heavy atom. The van der Waals surface area contributed by atoms with Gasteiger partial charge in [0, 0.05) is 37.6 Å². The van der Waals surface area contributed by atoms with Gasteiger partial charge in [-0.1, -0.05) is 13.0 Å². The highest BCUT2D eigenvalue weighted by atomic mass is 32.2. The summed E-state index contributed by atoms with van der Waals surface area (Å²) in [5, 5.41) is 2.77. The lowest BCUT2D eigenvalue weighted by Crippen LogP contribution is -2.27. The third-order valence-electron chi connectivity index (χ3n) is 3.74. The van der Waals surface area contributed by atoms with Crippen LogP contribution in [-0.2, 0) is 16.6 Å². The fourth-order valence-corrected chi connectivity index (χ4v) is 3.42. The lowest BCUT2D eigenvalue weighted by Gasteiger charge is -2.11. The molecule has 8 heteroatoms. The third-order valence-corrected chi connectivity index (χ3v) is 5.20. The van der Waals surface area contributed by atoms with Crippen molar-refractivity contribution in [1.82, 2.24) is 19.6 Å². The van der Waals surface area contributed by atoms with Crippen molar-refractivity contribution in [2.75, 3.05) is 13.1 Å². The molecule has 2 N–H and O–H groups in total. The minimum absolute atomic E-state index is 0.0994.